The first-order valence-corrected chi connectivity index (χ1v) is 8.95. The van der Waals surface area contributed by atoms with E-state index in [1.807, 2.05) is 6.92 Å². The number of carbonyl (C=O) groups is 2. The lowest BCUT2D eigenvalue weighted by Crippen LogP contribution is -2.43. The molecule has 0 aromatic heterocycles. The molecule has 2 aromatic carbocycles. The van der Waals surface area contributed by atoms with Crippen molar-refractivity contribution in [2.24, 2.45) is 0 Å². The van der Waals surface area contributed by atoms with Gasteiger partial charge in [0.2, 0.25) is 0 Å². The van der Waals surface area contributed by atoms with Gasteiger partial charge in [-0.1, -0.05) is 19.1 Å². The molecule has 10 heteroatoms. The summed E-state index contributed by atoms with van der Waals surface area (Å²) >= 11 is 0. The minimum atomic E-state index is -4.62. The van der Waals surface area contributed by atoms with Crippen molar-refractivity contribution in [3.05, 3.63) is 53.6 Å². The van der Waals surface area contributed by atoms with Gasteiger partial charge in [0.05, 0.1) is 19.3 Å². The number of hydrazine groups is 1. The summed E-state index contributed by atoms with van der Waals surface area (Å²) in [7, 11) is 1.42. The number of methoxy groups -OCH3 is 1. The lowest BCUT2D eigenvalue weighted by Gasteiger charge is -2.14. The molecule has 2 aromatic rings. The van der Waals surface area contributed by atoms with E-state index >= 15 is 0 Å². The topological polar surface area (TPSA) is 85.9 Å². The molecule has 30 heavy (non-hydrogen) atoms. The Labute approximate surface area is 171 Å². The van der Waals surface area contributed by atoms with Gasteiger partial charge < -0.3 is 14.2 Å². The van der Waals surface area contributed by atoms with Gasteiger partial charge in [0.1, 0.15) is 5.75 Å². The Balaban J connectivity index is 1.92. The third-order valence-corrected chi connectivity index (χ3v) is 3.75. The average Bonchev–Trinajstić information content (AvgIpc) is 2.73. The summed E-state index contributed by atoms with van der Waals surface area (Å²) in [5.74, 6) is -1.17. The fourth-order valence-corrected chi connectivity index (χ4v) is 2.34. The smallest absolute Gasteiger partial charge is 0.419 e. The first-order chi connectivity index (χ1) is 14.3. The van der Waals surface area contributed by atoms with E-state index in [9.17, 15) is 22.8 Å². The van der Waals surface area contributed by atoms with Crippen molar-refractivity contribution < 1.29 is 37.0 Å². The highest BCUT2D eigenvalue weighted by molar-refractivity contribution is 5.96. The highest BCUT2D eigenvalue weighted by Gasteiger charge is 2.34. The molecule has 2 rings (SSSR count). The summed E-state index contributed by atoms with van der Waals surface area (Å²) in [6.07, 6.45) is -3.82. The lowest BCUT2D eigenvalue weighted by molar-refractivity contribution is -0.139. The van der Waals surface area contributed by atoms with Crippen molar-refractivity contribution in [3.63, 3.8) is 0 Å². The molecule has 0 aliphatic carbocycles. The molecule has 7 nitrogen and oxygen atoms in total. The standard InChI is InChI=1S/C20H21F3N2O5/c1-3-10-29-16-9-8-13(11-17(16)28-2)19(27)25-24-18(26)12-30-15-7-5-4-6-14(15)20(21,22)23/h4-9,11H,3,10,12H2,1-2H3,(H,24,26)(H,25,27). The number of ether oxygens (including phenoxy) is 3. The predicted octanol–water partition coefficient (Wildman–Crippen LogP) is 3.34. The Hall–Kier alpha value is -3.43. The van der Waals surface area contributed by atoms with Gasteiger partial charge in [0.25, 0.3) is 11.8 Å². The molecule has 0 aliphatic heterocycles. The third-order valence-electron chi connectivity index (χ3n) is 3.75. The van der Waals surface area contributed by atoms with Crippen LogP contribution in [0.5, 0.6) is 17.2 Å². The van der Waals surface area contributed by atoms with Gasteiger partial charge in [-0.25, -0.2) is 0 Å². The number of benzene rings is 2. The van der Waals surface area contributed by atoms with Gasteiger partial charge in [0.15, 0.2) is 18.1 Å². The molecule has 0 unspecified atom stereocenters. The Morgan fingerprint density at radius 2 is 1.70 bits per heavy atom. The normalized spacial score (nSPS) is 10.8. The molecule has 0 spiro atoms. The summed E-state index contributed by atoms with van der Waals surface area (Å²) < 4.78 is 54.4. The highest BCUT2D eigenvalue weighted by Crippen LogP contribution is 2.35. The van der Waals surface area contributed by atoms with E-state index < -0.39 is 35.9 Å². The second-order valence-corrected chi connectivity index (χ2v) is 6.00. The summed E-state index contributed by atoms with van der Waals surface area (Å²) in [5.41, 5.74) is 3.41. The molecule has 0 aliphatic rings. The van der Waals surface area contributed by atoms with Crippen LogP contribution in [0.3, 0.4) is 0 Å². The van der Waals surface area contributed by atoms with E-state index in [2.05, 4.69) is 10.9 Å². The van der Waals surface area contributed by atoms with Gasteiger partial charge in [-0.3, -0.25) is 20.4 Å². The maximum atomic E-state index is 12.9. The van der Waals surface area contributed by atoms with Crippen LogP contribution in [0.2, 0.25) is 0 Å². The molecular formula is C20H21F3N2O5. The van der Waals surface area contributed by atoms with E-state index in [0.29, 0.717) is 18.1 Å². The number of rotatable bonds is 8. The molecule has 0 atom stereocenters. The minimum Gasteiger partial charge on any atom is -0.493 e. The van der Waals surface area contributed by atoms with E-state index in [4.69, 9.17) is 14.2 Å². The summed E-state index contributed by atoms with van der Waals surface area (Å²) in [6, 6.07) is 8.98. The molecule has 0 heterocycles. The zero-order chi connectivity index (χ0) is 22.1. The number of alkyl halides is 3. The number of nitrogens with one attached hydrogen (secondary N) is 2. The van der Waals surface area contributed by atoms with Gasteiger partial charge in [-0.2, -0.15) is 13.2 Å². The second-order valence-electron chi connectivity index (χ2n) is 6.00. The number of hydrogen-bond donors (Lipinski definition) is 2. The number of para-hydroxylation sites is 1. The second kappa shape index (κ2) is 10.4. The van der Waals surface area contributed by atoms with Crippen molar-refractivity contribution in [2.45, 2.75) is 19.5 Å². The monoisotopic (exact) mass is 426 g/mol. The van der Waals surface area contributed by atoms with Crippen LogP contribution < -0.4 is 25.1 Å². The quantitative estimate of drug-likeness (QED) is 0.633. The number of amides is 2. The van der Waals surface area contributed by atoms with Crippen molar-refractivity contribution in [1.29, 1.82) is 0 Å². The van der Waals surface area contributed by atoms with Crippen LogP contribution in [-0.4, -0.2) is 32.1 Å². The van der Waals surface area contributed by atoms with Gasteiger partial charge in [-0.15, -0.1) is 0 Å². The summed E-state index contributed by atoms with van der Waals surface area (Å²) in [6.45, 7) is 1.71. The van der Waals surface area contributed by atoms with Crippen LogP contribution in [0, 0.1) is 0 Å². The Kier molecular flexibility index (Phi) is 7.90. The maximum Gasteiger partial charge on any atom is 0.419 e. The van der Waals surface area contributed by atoms with Crippen LogP contribution >= 0.6 is 0 Å². The number of hydrogen-bond acceptors (Lipinski definition) is 5. The molecule has 2 N–H and O–H groups in total. The van der Waals surface area contributed by atoms with Crippen LogP contribution in [0.15, 0.2) is 42.5 Å². The fourth-order valence-electron chi connectivity index (χ4n) is 2.34. The maximum absolute atomic E-state index is 12.9. The predicted molar refractivity (Wildman–Crippen MR) is 101 cm³/mol. The molecule has 0 bridgehead atoms. The lowest BCUT2D eigenvalue weighted by atomic mass is 10.2. The van der Waals surface area contributed by atoms with Crippen molar-refractivity contribution in [2.75, 3.05) is 20.3 Å². The van der Waals surface area contributed by atoms with Gasteiger partial charge in [-0.05, 0) is 36.8 Å². The number of halogens is 3. The van der Waals surface area contributed by atoms with Crippen LogP contribution in [0.25, 0.3) is 0 Å². The first kappa shape index (κ1) is 22.9. The van der Waals surface area contributed by atoms with Gasteiger partial charge in [0, 0.05) is 5.56 Å². The molecule has 0 fully saturated rings. The minimum absolute atomic E-state index is 0.180. The first-order valence-electron chi connectivity index (χ1n) is 8.95. The molecular weight excluding hydrogens is 405 g/mol. The fraction of sp³-hybridized carbons (Fsp3) is 0.300. The largest absolute Gasteiger partial charge is 0.493 e. The van der Waals surface area contributed by atoms with E-state index in [1.54, 1.807) is 6.07 Å². The van der Waals surface area contributed by atoms with E-state index in [-0.39, 0.29) is 5.56 Å². The highest BCUT2D eigenvalue weighted by atomic mass is 19.4. The summed E-state index contributed by atoms with van der Waals surface area (Å²) in [4.78, 5) is 24.0. The van der Waals surface area contributed by atoms with Crippen molar-refractivity contribution in [3.8, 4) is 17.2 Å². The molecule has 2 amide bonds. The third kappa shape index (κ3) is 6.29. The molecule has 0 saturated heterocycles. The van der Waals surface area contributed by atoms with Crippen LogP contribution in [0.4, 0.5) is 13.2 Å². The Bertz CT molecular complexity index is 887. The Morgan fingerprint density at radius 3 is 2.37 bits per heavy atom. The van der Waals surface area contributed by atoms with Crippen molar-refractivity contribution >= 4 is 11.8 Å². The zero-order valence-electron chi connectivity index (χ0n) is 16.3. The van der Waals surface area contributed by atoms with Gasteiger partial charge >= 0.3 is 6.18 Å². The molecule has 0 saturated carbocycles. The molecule has 0 radical (unpaired) electrons. The van der Waals surface area contributed by atoms with Crippen molar-refractivity contribution in [1.82, 2.24) is 10.9 Å². The van der Waals surface area contributed by atoms with Crippen LogP contribution in [0.1, 0.15) is 29.3 Å². The van der Waals surface area contributed by atoms with E-state index in [0.717, 1.165) is 18.6 Å². The summed E-state index contributed by atoms with van der Waals surface area (Å²) in [5, 5.41) is 0. The van der Waals surface area contributed by atoms with Crippen LogP contribution in [-0.2, 0) is 11.0 Å². The SMILES string of the molecule is CCCOc1ccc(C(=O)NNC(=O)COc2ccccc2C(F)(F)F)cc1OC. The zero-order valence-corrected chi connectivity index (χ0v) is 16.3. The number of carbonyl (C=O) groups excluding carboxylic acids is 2. The van der Waals surface area contributed by atoms with E-state index in [1.165, 1.54) is 31.4 Å². The Morgan fingerprint density at radius 1 is 0.967 bits per heavy atom. The average molecular weight is 426 g/mol. The molecule has 162 valence electrons.